The van der Waals surface area contributed by atoms with E-state index in [0.717, 1.165) is 4.91 Å². The van der Waals surface area contributed by atoms with E-state index in [-0.39, 0.29) is 18.7 Å². The molecule has 6 nitrogen and oxygen atoms in total. The lowest BCUT2D eigenvalue weighted by molar-refractivity contribution is -0.0247. The van der Waals surface area contributed by atoms with Crippen LogP contribution in [0.25, 0.3) is 0 Å². The number of ether oxygens (including phenoxy) is 1. The zero-order valence-corrected chi connectivity index (χ0v) is 11.4. The highest BCUT2D eigenvalue weighted by molar-refractivity contribution is 8.78. The highest BCUT2D eigenvalue weighted by Gasteiger charge is 2.33. The van der Waals surface area contributed by atoms with Crippen LogP contribution in [0.15, 0.2) is 23.3 Å². The second-order valence-electron chi connectivity index (χ2n) is 3.74. The highest BCUT2D eigenvalue weighted by atomic mass is 33.1. The third-order valence-corrected chi connectivity index (χ3v) is 4.36. The van der Waals surface area contributed by atoms with E-state index in [4.69, 9.17) is 10.5 Å². The van der Waals surface area contributed by atoms with Gasteiger partial charge in [-0.2, -0.15) is 0 Å². The predicted molar refractivity (Wildman–Crippen MR) is 72.4 cm³/mol. The first-order chi connectivity index (χ1) is 8.65. The molecule has 0 aromatic rings. The maximum Gasteiger partial charge on any atom is 0.325 e. The van der Waals surface area contributed by atoms with Gasteiger partial charge in [-0.25, -0.2) is 4.79 Å². The summed E-state index contributed by atoms with van der Waals surface area (Å²) in [5, 5.41) is 11.8. The molecule has 2 heterocycles. The van der Waals surface area contributed by atoms with Crippen LogP contribution >= 0.6 is 21.6 Å². The lowest BCUT2D eigenvalue weighted by Gasteiger charge is -2.29. The Kier molecular flexibility index (Phi) is 4.57. The first-order valence-corrected chi connectivity index (χ1v) is 7.93. The molecule has 2 amide bonds. The maximum absolute atomic E-state index is 11.8. The molecule has 0 aromatic carbocycles. The van der Waals surface area contributed by atoms with E-state index in [2.05, 4.69) is 5.32 Å². The SMILES string of the molecule is CSSC1=C[C@H](N2C=CC(N)NC2=O)O[C@@H]1CO. The van der Waals surface area contributed by atoms with Crippen molar-refractivity contribution in [1.82, 2.24) is 10.2 Å². The maximum atomic E-state index is 11.8. The van der Waals surface area contributed by atoms with Gasteiger partial charge in [-0.1, -0.05) is 21.6 Å². The number of hydrogen-bond donors (Lipinski definition) is 3. The third kappa shape index (κ3) is 2.83. The minimum absolute atomic E-state index is 0.103. The van der Waals surface area contributed by atoms with Gasteiger partial charge in [-0.15, -0.1) is 0 Å². The normalized spacial score (nSPS) is 31.5. The van der Waals surface area contributed by atoms with Gasteiger partial charge in [0.15, 0.2) is 6.23 Å². The van der Waals surface area contributed by atoms with Crippen LogP contribution in [0, 0.1) is 0 Å². The van der Waals surface area contributed by atoms with Gasteiger partial charge < -0.3 is 20.9 Å². The molecule has 0 radical (unpaired) electrons. The van der Waals surface area contributed by atoms with Gasteiger partial charge in [0.25, 0.3) is 0 Å². The van der Waals surface area contributed by atoms with Crippen LogP contribution in [0.4, 0.5) is 4.79 Å². The number of aliphatic hydroxyl groups is 1. The quantitative estimate of drug-likeness (QED) is 0.650. The molecule has 0 saturated heterocycles. The van der Waals surface area contributed by atoms with Crippen LogP contribution in [-0.4, -0.2) is 47.4 Å². The Bertz CT molecular complexity index is 389. The lowest BCUT2D eigenvalue weighted by atomic mass is 10.3. The largest absolute Gasteiger partial charge is 0.393 e. The average molecular weight is 289 g/mol. The molecule has 0 spiro atoms. The van der Waals surface area contributed by atoms with Gasteiger partial charge in [0.1, 0.15) is 6.10 Å². The Hall–Kier alpha value is -0.670. The topological polar surface area (TPSA) is 87.8 Å². The zero-order valence-electron chi connectivity index (χ0n) is 9.78. The Labute approximate surface area is 113 Å². The number of nitrogens with one attached hydrogen (secondary N) is 1. The van der Waals surface area contributed by atoms with Crippen LogP contribution in [0.3, 0.4) is 0 Å². The van der Waals surface area contributed by atoms with E-state index in [1.54, 1.807) is 23.1 Å². The molecule has 8 heteroatoms. The van der Waals surface area contributed by atoms with Crippen molar-refractivity contribution in [3.63, 3.8) is 0 Å². The number of amides is 2. The standard InChI is InChI=1S/C10H15N3O3S2/c1-17-18-7-4-9(16-6(7)5-14)13-3-2-8(11)12-10(13)15/h2-4,6,8-9,14H,5,11H2,1H3,(H,12,15)/t6-,8?,9-/m1/s1. The first kappa shape index (κ1) is 13.8. The molecular formula is C10H15N3O3S2. The van der Waals surface area contributed by atoms with E-state index < -0.39 is 12.4 Å². The van der Waals surface area contributed by atoms with Gasteiger partial charge in [-0.3, -0.25) is 4.90 Å². The van der Waals surface area contributed by atoms with Gasteiger partial charge >= 0.3 is 6.03 Å². The Morgan fingerprint density at radius 3 is 3.06 bits per heavy atom. The molecule has 1 unspecified atom stereocenters. The van der Waals surface area contributed by atoms with Crippen molar-refractivity contribution < 1.29 is 14.6 Å². The predicted octanol–water partition coefficient (Wildman–Crippen LogP) is 0.422. The van der Waals surface area contributed by atoms with Crippen molar-refractivity contribution in [1.29, 1.82) is 0 Å². The number of nitrogens with zero attached hydrogens (tertiary/aromatic N) is 1. The van der Waals surface area contributed by atoms with E-state index in [1.807, 2.05) is 12.3 Å². The molecule has 0 aromatic heterocycles. The summed E-state index contributed by atoms with van der Waals surface area (Å²) in [6.07, 6.45) is 5.72. The molecule has 0 fully saturated rings. The zero-order chi connectivity index (χ0) is 13.1. The second-order valence-corrected chi connectivity index (χ2v) is 6.21. The van der Waals surface area contributed by atoms with Crippen molar-refractivity contribution in [2.45, 2.75) is 18.5 Å². The smallest absolute Gasteiger partial charge is 0.325 e. The fraction of sp³-hybridized carbons (Fsp3) is 0.500. The molecule has 18 heavy (non-hydrogen) atoms. The van der Waals surface area contributed by atoms with Crippen molar-refractivity contribution in [2.75, 3.05) is 12.9 Å². The van der Waals surface area contributed by atoms with Gasteiger partial charge in [0, 0.05) is 11.1 Å². The molecule has 0 saturated carbocycles. The minimum Gasteiger partial charge on any atom is -0.393 e. The summed E-state index contributed by atoms with van der Waals surface area (Å²) in [6, 6.07) is -0.307. The van der Waals surface area contributed by atoms with Crippen LogP contribution in [-0.2, 0) is 4.74 Å². The second kappa shape index (κ2) is 5.98. The van der Waals surface area contributed by atoms with Crippen LogP contribution in [0.2, 0.25) is 0 Å². The minimum atomic E-state index is -0.499. The monoisotopic (exact) mass is 289 g/mol. The summed E-state index contributed by atoms with van der Waals surface area (Å²) in [5.41, 5.74) is 5.57. The summed E-state index contributed by atoms with van der Waals surface area (Å²) in [6.45, 7) is -0.103. The number of nitrogens with two attached hydrogens (primary N) is 1. The molecule has 2 aliphatic heterocycles. The van der Waals surface area contributed by atoms with E-state index in [1.165, 1.54) is 15.7 Å². The molecule has 4 N–H and O–H groups in total. The number of aliphatic hydroxyl groups excluding tert-OH is 1. The van der Waals surface area contributed by atoms with Crippen molar-refractivity contribution in [2.24, 2.45) is 5.73 Å². The van der Waals surface area contributed by atoms with Gasteiger partial charge in [-0.05, 0) is 18.4 Å². The lowest BCUT2D eigenvalue weighted by Crippen LogP contribution is -2.52. The third-order valence-electron chi connectivity index (χ3n) is 2.53. The Balaban J connectivity index is 2.11. The summed E-state index contributed by atoms with van der Waals surface area (Å²) in [5.74, 6) is 0. The number of carbonyl (C=O) groups is 1. The average Bonchev–Trinajstić information content (AvgIpc) is 2.72. The number of carbonyl (C=O) groups excluding carboxylic acids is 1. The summed E-state index contributed by atoms with van der Waals surface area (Å²) < 4.78 is 5.62. The number of rotatable bonds is 4. The Morgan fingerprint density at radius 2 is 2.44 bits per heavy atom. The molecule has 0 aliphatic carbocycles. The molecule has 2 aliphatic rings. The van der Waals surface area contributed by atoms with Crippen LogP contribution < -0.4 is 11.1 Å². The molecule has 3 atom stereocenters. The van der Waals surface area contributed by atoms with Crippen LogP contribution in [0.5, 0.6) is 0 Å². The van der Waals surface area contributed by atoms with Crippen LogP contribution in [0.1, 0.15) is 0 Å². The number of urea groups is 1. The van der Waals surface area contributed by atoms with E-state index in [0.29, 0.717) is 0 Å². The van der Waals surface area contributed by atoms with Crippen molar-refractivity contribution >= 4 is 27.6 Å². The van der Waals surface area contributed by atoms with E-state index >= 15 is 0 Å². The molecule has 0 bridgehead atoms. The molecule has 2 rings (SSSR count). The Morgan fingerprint density at radius 1 is 1.67 bits per heavy atom. The van der Waals surface area contributed by atoms with Gasteiger partial charge in [0.2, 0.25) is 0 Å². The summed E-state index contributed by atoms with van der Waals surface area (Å²) in [4.78, 5) is 14.1. The van der Waals surface area contributed by atoms with Crippen molar-refractivity contribution in [3.8, 4) is 0 Å². The van der Waals surface area contributed by atoms with Gasteiger partial charge in [0.05, 0.1) is 12.8 Å². The highest BCUT2D eigenvalue weighted by Crippen LogP contribution is 2.36. The summed E-state index contributed by atoms with van der Waals surface area (Å²) in [7, 11) is 3.09. The fourth-order valence-electron chi connectivity index (χ4n) is 1.70. The molecular weight excluding hydrogens is 274 g/mol. The fourth-order valence-corrected chi connectivity index (χ4v) is 3.37. The summed E-state index contributed by atoms with van der Waals surface area (Å²) >= 11 is 0. The van der Waals surface area contributed by atoms with Crippen molar-refractivity contribution in [3.05, 3.63) is 23.3 Å². The number of hydrogen-bond acceptors (Lipinski definition) is 6. The first-order valence-electron chi connectivity index (χ1n) is 5.37. The molecule has 100 valence electrons. The van der Waals surface area contributed by atoms with E-state index in [9.17, 15) is 9.90 Å².